The molecule has 3 aromatic rings. The van der Waals surface area contributed by atoms with Gasteiger partial charge in [-0.05, 0) is 54.0 Å². The van der Waals surface area contributed by atoms with E-state index in [1.165, 1.54) is 10.4 Å². The third-order valence-electron chi connectivity index (χ3n) is 5.56. The standard InChI is InChI=1S/C22H26N2OS2/c1-5-26-21-23-19-18(20(25)24(21)15-9-7-6-8-10-15)16-12-11-14(22(2,3)4)13-17(16)27-19/h6-10,14H,5,11-13H2,1-4H3. The number of hydrogen-bond acceptors (Lipinski definition) is 4. The minimum atomic E-state index is 0.0915. The van der Waals surface area contributed by atoms with Gasteiger partial charge in [0.15, 0.2) is 5.16 Å². The van der Waals surface area contributed by atoms with Crippen LogP contribution >= 0.6 is 23.1 Å². The highest BCUT2D eigenvalue weighted by Gasteiger charge is 2.32. The minimum Gasteiger partial charge on any atom is -0.268 e. The molecule has 1 aromatic carbocycles. The van der Waals surface area contributed by atoms with E-state index in [1.54, 1.807) is 27.7 Å². The Morgan fingerprint density at radius 3 is 2.67 bits per heavy atom. The normalized spacial score (nSPS) is 17.3. The van der Waals surface area contributed by atoms with E-state index >= 15 is 0 Å². The first kappa shape index (κ1) is 18.8. The Kier molecular flexibility index (Phi) is 4.93. The molecular weight excluding hydrogens is 372 g/mol. The lowest BCUT2D eigenvalue weighted by Crippen LogP contribution is -2.27. The Morgan fingerprint density at radius 1 is 1.26 bits per heavy atom. The van der Waals surface area contributed by atoms with E-state index in [2.05, 4.69) is 27.7 Å². The fourth-order valence-electron chi connectivity index (χ4n) is 3.98. The third-order valence-corrected chi connectivity index (χ3v) is 7.53. The van der Waals surface area contributed by atoms with Gasteiger partial charge in [0.1, 0.15) is 4.83 Å². The third kappa shape index (κ3) is 3.36. The lowest BCUT2D eigenvalue weighted by molar-refractivity contribution is 0.218. The second kappa shape index (κ2) is 7.10. The van der Waals surface area contributed by atoms with Crippen molar-refractivity contribution in [1.82, 2.24) is 9.55 Å². The summed E-state index contributed by atoms with van der Waals surface area (Å²) in [4.78, 5) is 20.8. The number of thiophene rings is 1. The number of thioether (sulfide) groups is 1. The fraction of sp³-hybridized carbons (Fsp3) is 0.455. The first-order chi connectivity index (χ1) is 12.9. The zero-order valence-electron chi connectivity index (χ0n) is 16.4. The van der Waals surface area contributed by atoms with Crippen molar-refractivity contribution >= 4 is 33.3 Å². The zero-order valence-corrected chi connectivity index (χ0v) is 18.0. The number of hydrogen-bond donors (Lipinski definition) is 0. The lowest BCUT2D eigenvalue weighted by atomic mass is 9.72. The Labute approximate surface area is 168 Å². The van der Waals surface area contributed by atoms with Gasteiger partial charge >= 0.3 is 0 Å². The predicted octanol–water partition coefficient (Wildman–Crippen LogP) is 5.71. The molecule has 0 amide bonds. The van der Waals surface area contributed by atoms with Crippen LogP contribution in [0.25, 0.3) is 15.9 Å². The summed E-state index contributed by atoms with van der Waals surface area (Å²) >= 11 is 3.37. The summed E-state index contributed by atoms with van der Waals surface area (Å²) in [5, 5.41) is 1.65. The molecule has 1 aliphatic carbocycles. The molecule has 0 saturated heterocycles. The van der Waals surface area contributed by atoms with Crippen LogP contribution < -0.4 is 5.56 Å². The maximum Gasteiger partial charge on any atom is 0.267 e. The molecule has 3 nitrogen and oxygen atoms in total. The molecule has 1 aliphatic rings. The van der Waals surface area contributed by atoms with Crippen molar-refractivity contribution < 1.29 is 0 Å². The van der Waals surface area contributed by atoms with Crippen LogP contribution in [0.4, 0.5) is 0 Å². The van der Waals surface area contributed by atoms with Crippen LogP contribution in [0, 0.1) is 11.3 Å². The van der Waals surface area contributed by atoms with Crippen LogP contribution in [0.15, 0.2) is 40.3 Å². The second-order valence-corrected chi connectivity index (χ2v) is 10.6. The summed E-state index contributed by atoms with van der Waals surface area (Å²) in [5.74, 6) is 1.56. The zero-order chi connectivity index (χ0) is 19.2. The summed E-state index contributed by atoms with van der Waals surface area (Å²) in [6.07, 6.45) is 3.21. The van der Waals surface area contributed by atoms with Crippen LogP contribution in [0.2, 0.25) is 0 Å². The number of aryl methyl sites for hydroxylation is 1. The van der Waals surface area contributed by atoms with E-state index in [9.17, 15) is 4.79 Å². The van der Waals surface area contributed by atoms with E-state index in [1.807, 2.05) is 30.3 Å². The Hall–Kier alpha value is -1.59. The van der Waals surface area contributed by atoms with Crippen LogP contribution in [-0.2, 0) is 12.8 Å². The Balaban J connectivity index is 1.92. The van der Waals surface area contributed by atoms with Gasteiger partial charge in [0.2, 0.25) is 0 Å². The van der Waals surface area contributed by atoms with Gasteiger partial charge in [-0.3, -0.25) is 9.36 Å². The molecule has 0 bridgehead atoms. The first-order valence-electron chi connectivity index (χ1n) is 9.65. The predicted molar refractivity (Wildman–Crippen MR) is 117 cm³/mol. The molecule has 5 heteroatoms. The summed E-state index contributed by atoms with van der Waals surface area (Å²) in [5.41, 5.74) is 2.55. The van der Waals surface area contributed by atoms with Gasteiger partial charge in [-0.2, -0.15) is 0 Å². The number of benzene rings is 1. The van der Waals surface area contributed by atoms with E-state index in [4.69, 9.17) is 4.98 Å². The fourth-order valence-corrected chi connectivity index (χ4v) is 6.06. The molecule has 0 aliphatic heterocycles. The van der Waals surface area contributed by atoms with E-state index in [0.29, 0.717) is 11.3 Å². The number of para-hydroxylation sites is 1. The molecule has 1 unspecified atom stereocenters. The number of rotatable bonds is 3. The number of fused-ring (bicyclic) bond motifs is 3. The molecule has 0 N–H and O–H groups in total. The van der Waals surface area contributed by atoms with Crippen molar-refractivity contribution in [3.05, 3.63) is 51.1 Å². The van der Waals surface area contributed by atoms with Crippen LogP contribution in [0.5, 0.6) is 0 Å². The van der Waals surface area contributed by atoms with Crippen molar-refractivity contribution in [2.75, 3.05) is 5.75 Å². The molecular formula is C22H26N2OS2. The first-order valence-corrected chi connectivity index (χ1v) is 11.5. The summed E-state index contributed by atoms with van der Waals surface area (Å²) < 4.78 is 1.80. The molecule has 0 radical (unpaired) electrons. The smallest absolute Gasteiger partial charge is 0.267 e. The topological polar surface area (TPSA) is 34.9 Å². The maximum absolute atomic E-state index is 13.6. The molecule has 0 spiro atoms. The van der Waals surface area contributed by atoms with Gasteiger partial charge in [0, 0.05) is 4.88 Å². The van der Waals surface area contributed by atoms with Crippen molar-refractivity contribution in [1.29, 1.82) is 0 Å². The van der Waals surface area contributed by atoms with Gasteiger partial charge in [0.05, 0.1) is 11.1 Å². The molecule has 4 rings (SSSR count). The largest absolute Gasteiger partial charge is 0.268 e. The monoisotopic (exact) mass is 398 g/mol. The van der Waals surface area contributed by atoms with E-state index in [0.717, 1.165) is 46.1 Å². The summed E-state index contributed by atoms with van der Waals surface area (Å²) in [6, 6.07) is 9.91. The Bertz CT molecular complexity index is 1030. The highest BCUT2D eigenvalue weighted by molar-refractivity contribution is 7.99. The quantitative estimate of drug-likeness (QED) is 0.419. The summed E-state index contributed by atoms with van der Waals surface area (Å²) in [7, 11) is 0. The molecule has 142 valence electrons. The number of aromatic nitrogens is 2. The molecule has 0 fully saturated rings. The van der Waals surface area contributed by atoms with Gasteiger partial charge in [-0.25, -0.2) is 4.98 Å². The highest BCUT2D eigenvalue weighted by Crippen LogP contribution is 2.42. The van der Waals surface area contributed by atoms with Crippen molar-refractivity contribution in [2.45, 2.75) is 52.1 Å². The highest BCUT2D eigenvalue weighted by atomic mass is 32.2. The van der Waals surface area contributed by atoms with Crippen LogP contribution in [0.3, 0.4) is 0 Å². The average molecular weight is 399 g/mol. The summed E-state index contributed by atoms with van der Waals surface area (Å²) in [6.45, 7) is 9.08. The molecule has 2 aromatic heterocycles. The molecule has 27 heavy (non-hydrogen) atoms. The SMILES string of the molecule is CCSc1nc2sc3c(c2c(=O)n1-c1ccccc1)CCC(C(C)(C)C)C3. The molecule has 1 atom stereocenters. The molecule has 2 heterocycles. The van der Waals surface area contributed by atoms with Gasteiger partial charge in [-0.1, -0.05) is 57.7 Å². The van der Waals surface area contributed by atoms with E-state index < -0.39 is 0 Å². The second-order valence-electron chi connectivity index (χ2n) is 8.29. The Morgan fingerprint density at radius 2 is 2.00 bits per heavy atom. The molecule has 0 saturated carbocycles. The average Bonchev–Trinajstić information content (AvgIpc) is 3.00. The van der Waals surface area contributed by atoms with Gasteiger partial charge < -0.3 is 0 Å². The maximum atomic E-state index is 13.6. The van der Waals surface area contributed by atoms with Crippen molar-refractivity contribution in [3.63, 3.8) is 0 Å². The van der Waals surface area contributed by atoms with Gasteiger partial charge in [0.25, 0.3) is 5.56 Å². The lowest BCUT2D eigenvalue weighted by Gasteiger charge is -2.33. The van der Waals surface area contributed by atoms with Crippen LogP contribution in [0.1, 0.15) is 44.6 Å². The van der Waals surface area contributed by atoms with Crippen LogP contribution in [-0.4, -0.2) is 15.3 Å². The number of nitrogens with zero attached hydrogens (tertiary/aromatic N) is 2. The van der Waals surface area contributed by atoms with Crippen molar-refractivity contribution in [3.8, 4) is 5.69 Å². The van der Waals surface area contributed by atoms with Crippen molar-refractivity contribution in [2.24, 2.45) is 11.3 Å². The minimum absolute atomic E-state index is 0.0915. The van der Waals surface area contributed by atoms with Gasteiger partial charge in [-0.15, -0.1) is 11.3 Å². The van der Waals surface area contributed by atoms with E-state index in [-0.39, 0.29) is 5.56 Å².